The number of fused-ring (bicyclic) bond motifs is 1. The molecule has 1 aliphatic rings. The fourth-order valence-corrected chi connectivity index (χ4v) is 2.62. The van der Waals surface area contributed by atoms with E-state index in [0.717, 1.165) is 24.2 Å². The van der Waals surface area contributed by atoms with Crippen LogP contribution in [0, 0.1) is 0 Å². The van der Waals surface area contributed by atoms with E-state index in [9.17, 15) is 0 Å². The molecule has 0 spiro atoms. The predicted molar refractivity (Wildman–Crippen MR) is 70.0 cm³/mol. The number of nitrogens with two attached hydrogens (primary N) is 1. The standard InChI is InChI=1S/C13H19NOS/c1-16-8-4-5-10-9-12(14)11-6-2-3-7-13(11)15-10/h2-3,6-7,10,12H,4-5,8-9,14H2,1H3/t10?,12-/m1/s1. The van der Waals surface area contributed by atoms with Gasteiger partial charge in [-0.25, -0.2) is 0 Å². The molecule has 2 atom stereocenters. The summed E-state index contributed by atoms with van der Waals surface area (Å²) in [5.74, 6) is 2.19. The van der Waals surface area contributed by atoms with Gasteiger partial charge in [0.15, 0.2) is 0 Å². The Labute approximate surface area is 102 Å². The van der Waals surface area contributed by atoms with Gasteiger partial charge in [0.1, 0.15) is 11.9 Å². The van der Waals surface area contributed by atoms with Gasteiger partial charge in [-0.1, -0.05) is 18.2 Å². The highest BCUT2D eigenvalue weighted by atomic mass is 32.2. The van der Waals surface area contributed by atoms with Crippen molar-refractivity contribution in [3.8, 4) is 5.75 Å². The van der Waals surface area contributed by atoms with Gasteiger partial charge in [-0.05, 0) is 30.9 Å². The zero-order chi connectivity index (χ0) is 11.4. The zero-order valence-electron chi connectivity index (χ0n) is 9.69. The molecular formula is C13H19NOS. The van der Waals surface area contributed by atoms with Gasteiger partial charge in [-0.2, -0.15) is 11.8 Å². The monoisotopic (exact) mass is 237 g/mol. The normalized spacial score (nSPS) is 23.6. The number of benzene rings is 1. The fraction of sp³-hybridized carbons (Fsp3) is 0.538. The molecule has 1 heterocycles. The lowest BCUT2D eigenvalue weighted by Crippen LogP contribution is -2.29. The van der Waals surface area contributed by atoms with Crippen molar-refractivity contribution in [2.45, 2.75) is 31.4 Å². The van der Waals surface area contributed by atoms with Crippen LogP contribution in [0.4, 0.5) is 0 Å². The first-order valence-corrected chi connectivity index (χ1v) is 7.20. The van der Waals surface area contributed by atoms with Crippen molar-refractivity contribution in [3.05, 3.63) is 29.8 Å². The van der Waals surface area contributed by atoms with Crippen LogP contribution in [0.2, 0.25) is 0 Å². The van der Waals surface area contributed by atoms with Gasteiger partial charge in [0.05, 0.1) is 0 Å². The van der Waals surface area contributed by atoms with Gasteiger partial charge in [0.2, 0.25) is 0 Å². The second kappa shape index (κ2) is 5.60. The molecule has 1 unspecified atom stereocenters. The summed E-state index contributed by atoms with van der Waals surface area (Å²) in [6, 6.07) is 8.27. The molecule has 1 aliphatic heterocycles. The lowest BCUT2D eigenvalue weighted by Gasteiger charge is -2.30. The van der Waals surface area contributed by atoms with Gasteiger partial charge in [-0.15, -0.1) is 0 Å². The molecule has 0 aromatic heterocycles. The molecule has 1 aromatic carbocycles. The van der Waals surface area contributed by atoms with Crippen LogP contribution in [0.15, 0.2) is 24.3 Å². The Bertz CT molecular complexity index is 342. The van der Waals surface area contributed by atoms with Crippen molar-refractivity contribution >= 4 is 11.8 Å². The molecule has 1 aromatic rings. The van der Waals surface area contributed by atoms with Crippen molar-refractivity contribution in [1.29, 1.82) is 0 Å². The Morgan fingerprint density at radius 1 is 1.44 bits per heavy atom. The lowest BCUT2D eigenvalue weighted by molar-refractivity contribution is 0.149. The molecule has 0 fully saturated rings. The summed E-state index contributed by atoms with van der Waals surface area (Å²) >= 11 is 1.89. The number of hydrogen-bond acceptors (Lipinski definition) is 3. The fourth-order valence-electron chi connectivity index (χ4n) is 2.16. The highest BCUT2D eigenvalue weighted by Crippen LogP contribution is 2.34. The topological polar surface area (TPSA) is 35.2 Å². The van der Waals surface area contributed by atoms with Crippen LogP contribution in [0.25, 0.3) is 0 Å². The van der Waals surface area contributed by atoms with E-state index >= 15 is 0 Å². The molecule has 0 radical (unpaired) electrons. The van der Waals surface area contributed by atoms with Gasteiger partial charge in [0.25, 0.3) is 0 Å². The average Bonchev–Trinajstić information content (AvgIpc) is 2.30. The van der Waals surface area contributed by atoms with Crippen molar-refractivity contribution in [2.24, 2.45) is 5.73 Å². The van der Waals surface area contributed by atoms with Crippen LogP contribution in [0.1, 0.15) is 30.9 Å². The molecule has 3 heteroatoms. The second-order valence-corrected chi connectivity index (χ2v) is 5.24. The molecule has 2 N–H and O–H groups in total. The van der Waals surface area contributed by atoms with Crippen LogP contribution in [0.5, 0.6) is 5.75 Å². The Morgan fingerprint density at radius 2 is 2.25 bits per heavy atom. The SMILES string of the molecule is CSCCCC1C[C@@H](N)c2ccccc2O1. The van der Waals surface area contributed by atoms with E-state index in [0.29, 0.717) is 6.10 Å². The van der Waals surface area contributed by atoms with E-state index in [2.05, 4.69) is 12.3 Å². The predicted octanol–water partition coefficient (Wildman–Crippen LogP) is 2.98. The molecule has 2 nitrogen and oxygen atoms in total. The third-order valence-corrected chi connectivity index (χ3v) is 3.70. The van der Waals surface area contributed by atoms with E-state index in [4.69, 9.17) is 10.5 Å². The van der Waals surface area contributed by atoms with E-state index in [1.807, 2.05) is 30.0 Å². The molecule has 0 aliphatic carbocycles. The Kier molecular flexibility index (Phi) is 4.13. The summed E-state index contributed by atoms with van der Waals surface area (Å²) in [6.45, 7) is 0. The van der Waals surface area contributed by atoms with Crippen LogP contribution >= 0.6 is 11.8 Å². The molecular weight excluding hydrogens is 218 g/mol. The van der Waals surface area contributed by atoms with Crippen LogP contribution in [-0.4, -0.2) is 18.1 Å². The summed E-state index contributed by atoms with van der Waals surface area (Å²) in [4.78, 5) is 0. The maximum absolute atomic E-state index is 6.16. The third-order valence-electron chi connectivity index (χ3n) is 3.00. The molecule has 16 heavy (non-hydrogen) atoms. The first-order valence-electron chi connectivity index (χ1n) is 5.81. The Morgan fingerprint density at radius 3 is 3.06 bits per heavy atom. The van der Waals surface area contributed by atoms with E-state index in [-0.39, 0.29) is 6.04 Å². The molecule has 0 saturated heterocycles. The smallest absolute Gasteiger partial charge is 0.124 e. The minimum atomic E-state index is 0.143. The highest BCUT2D eigenvalue weighted by Gasteiger charge is 2.24. The van der Waals surface area contributed by atoms with E-state index < -0.39 is 0 Å². The van der Waals surface area contributed by atoms with E-state index in [1.165, 1.54) is 12.2 Å². The van der Waals surface area contributed by atoms with Gasteiger partial charge in [0, 0.05) is 18.0 Å². The van der Waals surface area contributed by atoms with Crippen LogP contribution < -0.4 is 10.5 Å². The van der Waals surface area contributed by atoms with Gasteiger partial charge >= 0.3 is 0 Å². The van der Waals surface area contributed by atoms with Crippen LogP contribution in [0.3, 0.4) is 0 Å². The number of para-hydroxylation sites is 1. The van der Waals surface area contributed by atoms with Crippen molar-refractivity contribution in [1.82, 2.24) is 0 Å². The highest BCUT2D eigenvalue weighted by molar-refractivity contribution is 7.98. The maximum atomic E-state index is 6.16. The van der Waals surface area contributed by atoms with Crippen molar-refractivity contribution in [3.63, 3.8) is 0 Å². The number of rotatable bonds is 4. The number of ether oxygens (including phenoxy) is 1. The second-order valence-electron chi connectivity index (χ2n) is 4.25. The summed E-state index contributed by atoms with van der Waals surface area (Å²) in [5, 5.41) is 0. The summed E-state index contributed by atoms with van der Waals surface area (Å²) in [6.07, 6.45) is 5.72. The average molecular weight is 237 g/mol. The quantitative estimate of drug-likeness (QED) is 0.818. The van der Waals surface area contributed by atoms with Crippen LogP contribution in [-0.2, 0) is 0 Å². The van der Waals surface area contributed by atoms with E-state index in [1.54, 1.807) is 0 Å². The molecule has 0 saturated carbocycles. The molecule has 88 valence electrons. The number of thioether (sulfide) groups is 1. The molecule has 0 bridgehead atoms. The van der Waals surface area contributed by atoms with Gasteiger partial charge < -0.3 is 10.5 Å². The minimum Gasteiger partial charge on any atom is -0.490 e. The first kappa shape index (κ1) is 11.8. The Hall–Kier alpha value is -0.670. The number of hydrogen-bond donors (Lipinski definition) is 1. The summed E-state index contributed by atoms with van der Waals surface area (Å²) in [7, 11) is 0. The maximum Gasteiger partial charge on any atom is 0.124 e. The lowest BCUT2D eigenvalue weighted by atomic mass is 9.95. The molecule has 0 amide bonds. The molecule has 2 rings (SSSR count). The minimum absolute atomic E-state index is 0.143. The van der Waals surface area contributed by atoms with Crippen molar-refractivity contribution in [2.75, 3.05) is 12.0 Å². The largest absolute Gasteiger partial charge is 0.490 e. The summed E-state index contributed by atoms with van der Waals surface area (Å²) < 4.78 is 5.96. The zero-order valence-corrected chi connectivity index (χ0v) is 10.5. The summed E-state index contributed by atoms with van der Waals surface area (Å²) in [5.41, 5.74) is 7.31. The van der Waals surface area contributed by atoms with Crippen molar-refractivity contribution < 1.29 is 4.74 Å². The first-order chi connectivity index (χ1) is 7.81. The van der Waals surface area contributed by atoms with Gasteiger partial charge in [-0.3, -0.25) is 0 Å². The third kappa shape index (κ3) is 2.71. The Balaban J connectivity index is 1.98.